The van der Waals surface area contributed by atoms with Crippen LogP contribution in [0.3, 0.4) is 0 Å². The average molecular weight is 663 g/mol. The molecule has 3 aromatic heterocycles. The van der Waals surface area contributed by atoms with Crippen molar-refractivity contribution in [2.45, 2.75) is 110 Å². The fraction of sp³-hybridized carbons (Fsp3) is 0.442. The average Bonchev–Trinajstić information content (AvgIpc) is 3.92. The van der Waals surface area contributed by atoms with Gasteiger partial charge >= 0.3 is 0 Å². The number of thiophene rings is 3. The van der Waals surface area contributed by atoms with Gasteiger partial charge in [-0.05, 0) is 105 Å². The second kappa shape index (κ2) is 14.0. The van der Waals surface area contributed by atoms with Gasteiger partial charge in [-0.15, -0.1) is 34.0 Å². The molecule has 2 unspecified atom stereocenters. The largest absolute Gasteiger partial charge is 0.143 e. The van der Waals surface area contributed by atoms with Crippen LogP contribution in [0.25, 0.3) is 30.6 Å². The maximum atomic E-state index is 2.67. The third kappa shape index (κ3) is 5.90. The number of benzene rings is 2. The molecule has 0 saturated heterocycles. The summed E-state index contributed by atoms with van der Waals surface area (Å²) < 4.78 is 0. The fourth-order valence-corrected chi connectivity index (χ4v) is 11.6. The van der Waals surface area contributed by atoms with E-state index in [0.29, 0.717) is 0 Å². The summed E-state index contributed by atoms with van der Waals surface area (Å²) in [6.45, 7) is 9.45. The highest BCUT2D eigenvalue weighted by molar-refractivity contribution is 7.26. The third-order valence-electron chi connectivity index (χ3n) is 11.2. The summed E-state index contributed by atoms with van der Waals surface area (Å²) in [5.74, 6) is 1.55. The lowest BCUT2D eigenvalue weighted by atomic mass is 9.74. The van der Waals surface area contributed by atoms with Gasteiger partial charge in [-0.3, -0.25) is 0 Å². The molecular formula is C43H50S3. The zero-order valence-corrected chi connectivity index (χ0v) is 30.7. The first-order valence-corrected chi connectivity index (χ1v) is 20.6. The van der Waals surface area contributed by atoms with Crippen molar-refractivity contribution in [2.75, 3.05) is 0 Å². The number of rotatable bonds is 14. The molecule has 5 aromatic rings. The van der Waals surface area contributed by atoms with E-state index >= 15 is 0 Å². The quantitative estimate of drug-likeness (QED) is 0.111. The molecule has 3 heterocycles. The molecular weight excluding hydrogens is 613 g/mol. The van der Waals surface area contributed by atoms with Gasteiger partial charge in [0.15, 0.2) is 0 Å². The van der Waals surface area contributed by atoms with Crippen LogP contribution in [0, 0.1) is 11.8 Å². The fourth-order valence-electron chi connectivity index (χ4n) is 8.53. The molecule has 240 valence electrons. The molecule has 0 aliphatic heterocycles. The predicted octanol–water partition coefficient (Wildman–Crippen LogP) is 13.8. The Hall–Kier alpha value is -2.46. The molecule has 1 spiro atoms. The lowest BCUT2D eigenvalue weighted by molar-refractivity contribution is 0.448. The molecule has 7 rings (SSSR count). The van der Waals surface area contributed by atoms with Crippen LogP contribution in [0.4, 0.5) is 0 Å². The Morgan fingerprint density at radius 3 is 1.50 bits per heavy atom. The van der Waals surface area contributed by atoms with E-state index in [4.69, 9.17) is 0 Å². The number of hydrogen-bond donors (Lipinski definition) is 0. The lowest BCUT2D eigenvalue weighted by Gasteiger charge is -2.29. The standard InChI is InChI=1S/C43H50S3/c1-5-9-13-29(7-3)23-31-17-19-33-34-20-18-32(24-30(8-4)14-10-6-2)26-38(34)43(37(33)25-31)27-35-36(28-43)42(40-16-12-22-45-40)46-41(35)39-15-11-21-44-39/h11-12,15-22,25-26,29-30H,5-10,13-14,23-24,27-28H2,1-4H3. The van der Waals surface area contributed by atoms with Crippen LogP contribution < -0.4 is 0 Å². The van der Waals surface area contributed by atoms with Gasteiger partial charge in [0.05, 0.1) is 0 Å². The first-order valence-electron chi connectivity index (χ1n) is 18.1. The van der Waals surface area contributed by atoms with Crippen LogP contribution in [-0.4, -0.2) is 0 Å². The van der Waals surface area contributed by atoms with E-state index in [1.54, 1.807) is 33.4 Å². The van der Waals surface area contributed by atoms with Gasteiger partial charge < -0.3 is 0 Å². The Labute approximate surface area is 290 Å². The molecule has 3 heteroatoms. The summed E-state index contributed by atoms with van der Waals surface area (Å²) in [5.41, 5.74) is 12.6. The van der Waals surface area contributed by atoms with Crippen LogP contribution in [0.5, 0.6) is 0 Å². The highest BCUT2D eigenvalue weighted by Gasteiger charge is 2.49. The van der Waals surface area contributed by atoms with Gasteiger partial charge in [-0.25, -0.2) is 0 Å². The molecule has 2 atom stereocenters. The van der Waals surface area contributed by atoms with E-state index in [1.165, 1.54) is 94.8 Å². The van der Waals surface area contributed by atoms with Crippen molar-refractivity contribution in [3.8, 4) is 30.6 Å². The molecule has 0 amide bonds. The topological polar surface area (TPSA) is 0 Å². The normalized spacial score (nSPS) is 15.7. The van der Waals surface area contributed by atoms with Gasteiger partial charge in [0.25, 0.3) is 0 Å². The van der Waals surface area contributed by atoms with Crippen molar-refractivity contribution >= 4 is 34.0 Å². The molecule has 0 nitrogen and oxygen atoms in total. The van der Waals surface area contributed by atoms with Gasteiger partial charge in [-0.1, -0.05) is 128 Å². The Morgan fingerprint density at radius 1 is 0.630 bits per heavy atom. The van der Waals surface area contributed by atoms with E-state index in [9.17, 15) is 0 Å². The Kier molecular flexibility index (Phi) is 9.74. The monoisotopic (exact) mass is 662 g/mol. The molecule has 46 heavy (non-hydrogen) atoms. The molecule has 0 saturated carbocycles. The second-order valence-electron chi connectivity index (χ2n) is 14.1. The van der Waals surface area contributed by atoms with E-state index in [0.717, 1.165) is 24.7 Å². The molecule has 2 aliphatic carbocycles. The first-order chi connectivity index (χ1) is 22.6. The summed E-state index contributed by atoms with van der Waals surface area (Å²) in [4.78, 5) is 5.91. The van der Waals surface area contributed by atoms with Crippen molar-refractivity contribution in [1.82, 2.24) is 0 Å². The van der Waals surface area contributed by atoms with E-state index < -0.39 is 0 Å². The minimum Gasteiger partial charge on any atom is -0.143 e. The van der Waals surface area contributed by atoms with Crippen LogP contribution in [-0.2, 0) is 31.1 Å². The smallest absolute Gasteiger partial charge is 0.0484 e. The van der Waals surface area contributed by atoms with Crippen molar-refractivity contribution in [3.63, 3.8) is 0 Å². The molecule has 0 N–H and O–H groups in total. The highest BCUT2D eigenvalue weighted by Crippen LogP contribution is 2.60. The summed E-state index contributed by atoms with van der Waals surface area (Å²) in [7, 11) is 0. The van der Waals surface area contributed by atoms with Crippen LogP contribution >= 0.6 is 34.0 Å². The SMILES string of the molecule is CCCCC(CC)Cc1ccc2c(c1)C1(Cc3c(-c4cccs4)sc(-c4cccs4)c3C1)c1cc(CC(CC)CCCC)ccc1-2. The van der Waals surface area contributed by atoms with Gasteiger partial charge in [-0.2, -0.15) is 0 Å². The molecule has 0 bridgehead atoms. The van der Waals surface area contributed by atoms with E-state index in [2.05, 4.69) is 99.1 Å². The minimum atomic E-state index is 0.0175. The van der Waals surface area contributed by atoms with Crippen LogP contribution in [0.15, 0.2) is 71.4 Å². The lowest BCUT2D eigenvalue weighted by Crippen LogP contribution is -2.26. The Bertz CT molecular complexity index is 1620. The van der Waals surface area contributed by atoms with Crippen molar-refractivity contribution in [3.05, 3.63) is 105 Å². The number of unbranched alkanes of at least 4 members (excludes halogenated alkanes) is 2. The first kappa shape index (κ1) is 32.1. The summed E-state index contributed by atoms with van der Waals surface area (Å²) in [6.07, 6.45) is 15.2. The van der Waals surface area contributed by atoms with Crippen LogP contribution in [0.1, 0.15) is 112 Å². The molecule has 0 fully saturated rings. The summed E-state index contributed by atoms with van der Waals surface area (Å²) in [6, 6.07) is 24.4. The Morgan fingerprint density at radius 2 is 1.11 bits per heavy atom. The maximum Gasteiger partial charge on any atom is 0.0484 e. The Balaban J connectivity index is 1.35. The number of hydrogen-bond acceptors (Lipinski definition) is 3. The third-order valence-corrected chi connectivity index (χ3v) is 14.6. The van der Waals surface area contributed by atoms with Crippen LogP contribution in [0.2, 0.25) is 0 Å². The highest BCUT2D eigenvalue weighted by atomic mass is 32.1. The molecule has 2 aliphatic rings. The van der Waals surface area contributed by atoms with E-state index in [-0.39, 0.29) is 5.41 Å². The maximum absolute atomic E-state index is 2.67. The summed E-state index contributed by atoms with van der Waals surface area (Å²) in [5, 5.41) is 4.50. The second-order valence-corrected chi connectivity index (χ2v) is 17.0. The van der Waals surface area contributed by atoms with Crippen molar-refractivity contribution in [2.24, 2.45) is 11.8 Å². The number of fused-ring (bicyclic) bond motifs is 6. The molecule has 0 radical (unpaired) electrons. The molecule has 2 aromatic carbocycles. The van der Waals surface area contributed by atoms with Crippen molar-refractivity contribution < 1.29 is 0 Å². The van der Waals surface area contributed by atoms with Crippen molar-refractivity contribution in [1.29, 1.82) is 0 Å². The zero-order valence-electron chi connectivity index (χ0n) is 28.3. The van der Waals surface area contributed by atoms with Gasteiger partial charge in [0.2, 0.25) is 0 Å². The zero-order chi connectivity index (χ0) is 31.7. The predicted molar refractivity (Wildman–Crippen MR) is 205 cm³/mol. The van der Waals surface area contributed by atoms with Gasteiger partial charge in [0.1, 0.15) is 0 Å². The minimum absolute atomic E-state index is 0.0175. The summed E-state index contributed by atoms with van der Waals surface area (Å²) >= 11 is 5.86. The van der Waals surface area contributed by atoms with E-state index in [1.807, 2.05) is 34.0 Å². The van der Waals surface area contributed by atoms with Gasteiger partial charge in [0, 0.05) is 24.9 Å².